The van der Waals surface area contributed by atoms with Crippen LogP contribution >= 0.6 is 0 Å². The Morgan fingerprint density at radius 3 is 2.57 bits per heavy atom. The number of hydrogen-bond acceptors (Lipinski definition) is 6. The van der Waals surface area contributed by atoms with E-state index in [9.17, 15) is 0 Å². The average Bonchev–Trinajstić information content (AvgIpc) is 3.14. The van der Waals surface area contributed by atoms with Crippen molar-refractivity contribution >= 4 is 11.6 Å². The standard InChI is InChI=1S/C21H28N6O/c1-14(2)18-13-23-27-19(18)25-21(28-17-9-11-22-12-10-17)26-20(27)24-15(3)16-7-5-4-6-8-16/h4-8,13-15,17,22H,9-12H2,1-3H3,(H,24,25,26). The molecule has 1 aromatic carbocycles. The van der Waals surface area contributed by atoms with Gasteiger partial charge in [0.15, 0.2) is 5.65 Å². The van der Waals surface area contributed by atoms with Crippen molar-refractivity contribution in [3.8, 4) is 6.01 Å². The molecule has 0 saturated carbocycles. The third kappa shape index (κ3) is 3.94. The van der Waals surface area contributed by atoms with Gasteiger partial charge in [0.05, 0.1) is 12.2 Å². The van der Waals surface area contributed by atoms with Crippen LogP contribution in [0, 0.1) is 0 Å². The molecule has 0 spiro atoms. The van der Waals surface area contributed by atoms with Gasteiger partial charge in [-0.25, -0.2) is 0 Å². The summed E-state index contributed by atoms with van der Waals surface area (Å²) in [5.41, 5.74) is 3.08. The molecule has 1 aliphatic heterocycles. The van der Waals surface area contributed by atoms with Crippen molar-refractivity contribution < 1.29 is 4.74 Å². The third-order valence-corrected chi connectivity index (χ3v) is 5.20. The van der Waals surface area contributed by atoms with E-state index in [1.807, 2.05) is 24.4 Å². The fraction of sp³-hybridized carbons (Fsp3) is 0.476. The summed E-state index contributed by atoms with van der Waals surface area (Å²) in [5.74, 6) is 0.968. The number of hydrogen-bond donors (Lipinski definition) is 2. The Morgan fingerprint density at radius 1 is 1.11 bits per heavy atom. The normalized spacial score (nSPS) is 16.4. The number of rotatable bonds is 6. The summed E-state index contributed by atoms with van der Waals surface area (Å²) in [6, 6.07) is 10.8. The Bertz CT molecular complexity index is 917. The second kappa shape index (κ2) is 8.14. The van der Waals surface area contributed by atoms with Crippen molar-refractivity contribution in [3.05, 3.63) is 47.7 Å². The molecule has 1 saturated heterocycles. The number of anilines is 1. The van der Waals surface area contributed by atoms with Gasteiger partial charge in [-0.1, -0.05) is 44.2 Å². The van der Waals surface area contributed by atoms with Crippen molar-refractivity contribution in [1.29, 1.82) is 0 Å². The van der Waals surface area contributed by atoms with Crippen LogP contribution in [0.2, 0.25) is 0 Å². The lowest BCUT2D eigenvalue weighted by Gasteiger charge is -2.23. The molecule has 3 aromatic rings. The van der Waals surface area contributed by atoms with Crippen LogP contribution in [0.4, 0.5) is 5.95 Å². The maximum absolute atomic E-state index is 6.15. The second-order valence-electron chi connectivity index (χ2n) is 7.66. The molecule has 1 aliphatic rings. The lowest BCUT2D eigenvalue weighted by molar-refractivity contribution is 0.149. The first-order valence-corrected chi connectivity index (χ1v) is 10.1. The Kier molecular flexibility index (Phi) is 5.43. The number of nitrogens with one attached hydrogen (secondary N) is 2. The highest BCUT2D eigenvalue weighted by Crippen LogP contribution is 2.25. The minimum absolute atomic E-state index is 0.0812. The molecule has 0 bridgehead atoms. The van der Waals surface area contributed by atoms with E-state index in [1.165, 1.54) is 5.56 Å². The zero-order chi connectivity index (χ0) is 19.5. The Morgan fingerprint density at radius 2 is 1.86 bits per heavy atom. The molecule has 1 fully saturated rings. The molecule has 2 N–H and O–H groups in total. The van der Waals surface area contributed by atoms with Gasteiger partial charge in [0.2, 0.25) is 5.95 Å². The van der Waals surface area contributed by atoms with Crippen molar-refractivity contribution in [2.45, 2.75) is 51.7 Å². The zero-order valence-corrected chi connectivity index (χ0v) is 16.7. The summed E-state index contributed by atoms with van der Waals surface area (Å²) in [7, 11) is 0. The number of benzene rings is 1. The van der Waals surface area contributed by atoms with Gasteiger partial charge < -0.3 is 15.4 Å². The molecule has 0 radical (unpaired) electrons. The van der Waals surface area contributed by atoms with Crippen LogP contribution < -0.4 is 15.4 Å². The van der Waals surface area contributed by atoms with E-state index in [1.54, 1.807) is 4.52 Å². The topological polar surface area (TPSA) is 76.4 Å². The van der Waals surface area contributed by atoms with E-state index in [-0.39, 0.29) is 12.1 Å². The molecule has 7 heteroatoms. The molecule has 2 aromatic heterocycles. The van der Waals surface area contributed by atoms with Crippen LogP contribution in [-0.2, 0) is 0 Å². The molecule has 7 nitrogen and oxygen atoms in total. The summed E-state index contributed by atoms with van der Waals surface area (Å²) in [6.07, 6.45) is 3.96. The first kappa shape index (κ1) is 18.7. The van der Waals surface area contributed by atoms with Gasteiger partial charge in [-0.3, -0.25) is 0 Å². The molecule has 4 rings (SSSR count). The third-order valence-electron chi connectivity index (χ3n) is 5.20. The van der Waals surface area contributed by atoms with Crippen LogP contribution in [0.15, 0.2) is 36.5 Å². The summed E-state index contributed by atoms with van der Waals surface area (Å²) >= 11 is 0. The van der Waals surface area contributed by atoms with Crippen LogP contribution in [-0.4, -0.2) is 38.8 Å². The summed E-state index contributed by atoms with van der Waals surface area (Å²) < 4.78 is 7.93. The fourth-order valence-electron chi connectivity index (χ4n) is 3.51. The predicted molar refractivity (Wildman–Crippen MR) is 110 cm³/mol. The maximum atomic E-state index is 6.15. The number of ether oxygens (including phenoxy) is 1. The average molecular weight is 380 g/mol. The quantitative estimate of drug-likeness (QED) is 0.681. The van der Waals surface area contributed by atoms with Gasteiger partial charge in [-0.2, -0.15) is 19.6 Å². The molecule has 148 valence electrons. The minimum Gasteiger partial charge on any atom is -0.460 e. The highest BCUT2D eigenvalue weighted by Gasteiger charge is 2.20. The zero-order valence-electron chi connectivity index (χ0n) is 16.7. The molecule has 0 amide bonds. The van der Waals surface area contributed by atoms with E-state index >= 15 is 0 Å². The van der Waals surface area contributed by atoms with Gasteiger partial charge in [-0.05, 0) is 44.3 Å². The molecular weight excluding hydrogens is 352 g/mol. The monoisotopic (exact) mass is 380 g/mol. The first-order valence-electron chi connectivity index (χ1n) is 10.1. The van der Waals surface area contributed by atoms with Crippen molar-refractivity contribution in [1.82, 2.24) is 24.9 Å². The SMILES string of the molecule is CC(C)c1cnn2c(NC(C)c3ccccc3)nc(OC3CCNCC3)nc12. The van der Waals surface area contributed by atoms with Crippen molar-refractivity contribution in [2.75, 3.05) is 18.4 Å². The van der Waals surface area contributed by atoms with Gasteiger partial charge in [0.25, 0.3) is 0 Å². The highest BCUT2D eigenvalue weighted by atomic mass is 16.5. The number of fused-ring (bicyclic) bond motifs is 1. The molecule has 0 aliphatic carbocycles. The Hall–Kier alpha value is -2.67. The number of nitrogens with zero attached hydrogens (tertiary/aromatic N) is 4. The smallest absolute Gasteiger partial charge is 0.322 e. The number of piperidine rings is 1. The molecular formula is C21H28N6O. The molecule has 1 unspecified atom stereocenters. The van der Waals surface area contributed by atoms with Crippen LogP contribution in [0.25, 0.3) is 5.65 Å². The van der Waals surface area contributed by atoms with Gasteiger partial charge in [0.1, 0.15) is 6.10 Å². The number of aromatic nitrogens is 4. The van der Waals surface area contributed by atoms with Crippen LogP contribution in [0.1, 0.15) is 56.7 Å². The molecule has 28 heavy (non-hydrogen) atoms. The molecule has 3 heterocycles. The van der Waals surface area contributed by atoms with Gasteiger partial charge in [-0.15, -0.1) is 0 Å². The summed E-state index contributed by atoms with van der Waals surface area (Å²) in [5, 5.41) is 11.4. The van der Waals surface area contributed by atoms with E-state index in [4.69, 9.17) is 9.72 Å². The lowest BCUT2D eigenvalue weighted by atomic mass is 10.1. The fourth-order valence-corrected chi connectivity index (χ4v) is 3.51. The highest BCUT2D eigenvalue weighted by molar-refractivity contribution is 5.53. The van der Waals surface area contributed by atoms with Gasteiger partial charge >= 0.3 is 6.01 Å². The largest absolute Gasteiger partial charge is 0.460 e. The van der Waals surface area contributed by atoms with E-state index in [2.05, 4.69) is 53.6 Å². The van der Waals surface area contributed by atoms with Crippen LogP contribution in [0.5, 0.6) is 6.01 Å². The van der Waals surface area contributed by atoms with Crippen LogP contribution in [0.3, 0.4) is 0 Å². The van der Waals surface area contributed by atoms with Gasteiger partial charge in [0, 0.05) is 5.56 Å². The van der Waals surface area contributed by atoms with Crippen molar-refractivity contribution in [2.24, 2.45) is 0 Å². The predicted octanol–water partition coefficient (Wildman–Crippen LogP) is 3.55. The van der Waals surface area contributed by atoms with E-state index in [0.29, 0.717) is 17.9 Å². The lowest BCUT2D eigenvalue weighted by Crippen LogP contribution is -2.34. The first-order chi connectivity index (χ1) is 13.6. The maximum Gasteiger partial charge on any atom is 0.322 e. The second-order valence-corrected chi connectivity index (χ2v) is 7.66. The van der Waals surface area contributed by atoms with E-state index < -0.39 is 0 Å². The Balaban J connectivity index is 1.68. The Labute approximate surface area is 165 Å². The minimum atomic E-state index is 0.0812. The molecule has 1 atom stereocenters. The van der Waals surface area contributed by atoms with Crippen molar-refractivity contribution in [3.63, 3.8) is 0 Å². The van der Waals surface area contributed by atoms with E-state index in [0.717, 1.165) is 37.1 Å². The summed E-state index contributed by atoms with van der Waals surface area (Å²) in [6.45, 7) is 8.34. The summed E-state index contributed by atoms with van der Waals surface area (Å²) in [4.78, 5) is 9.37.